The zero-order valence-corrected chi connectivity index (χ0v) is 32.2. The Morgan fingerprint density at radius 3 is 1.55 bits per heavy atom. The summed E-state index contributed by atoms with van der Waals surface area (Å²) >= 11 is 0. The molecule has 0 aliphatic carbocycles. The van der Waals surface area contributed by atoms with Gasteiger partial charge in [0.25, 0.3) is 0 Å². The van der Waals surface area contributed by atoms with Crippen molar-refractivity contribution in [3.05, 3.63) is 156 Å². The first-order valence-electron chi connectivity index (χ1n) is 18.5. The maximum Gasteiger partial charge on any atom is 0.306 e. The number of hydrogen-bond donors (Lipinski definition) is 0. The highest BCUT2D eigenvalue weighted by Crippen LogP contribution is 2.33. The summed E-state index contributed by atoms with van der Waals surface area (Å²) in [7, 11) is -3.31. The zero-order chi connectivity index (χ0) is 38.6. The number of esters is 1. The predicted molar refractivity (Wildman–Crippen MR) is 210 cm³/mol. The molecule has 6 rings (SSSR count). The predicted octanol–water partition coefficient (Wildman–Crippen LogP) is 8.21. The molecule has 0 N–H and O–H groups in total. The molecule has 1 aliphatic heterocycles. The molecular weight excluding hydrogens is 717 g/mol. The van der Waals surface area contributed by atoms with Crippen molar-refractivity contribution in [3.8, 4) is 16.9 Å². The lowest BCUT2D eigenvalue weighted by Gasteiger charge is -2.45. The molecule has 288 valence electrons. The van der Waals surface area contributed by atoms with Crippen LogP contribution in [0.2, 0.25) is 0 Å². The van der Waals surface area contributed by atoms with E-state index in [0.717, 1.165) is 27.8 Å². The Hall–Kier alpha value is -4.84. The second-order valence-electron chi connectivity index (χ2n) is 14.0. The molecule has 0 unspecified atom stereocenters. The van der Waals surface area contributed by atoms with Gasteiger partial charge in [-0.25, -0.2) is 8.42 Å². The van der Waals surface area contributed by atoms with Crippen LogP contribution in [0.4, 0.5) is 0 Å². The van der Waals surface area contributed by atoms with E-state index in [4.69, 9.17) is 28.4 Å². The Morgan fingerprint density at radius 2 is 1.07 bits per heavy atom. The average Bonchev–Trinajstić information content (AvgIpc) is 3.19. The molecule has 0 bridgehead atoms. The minimum atomic E-state index is -3.31. The summed E-state index contributed by atoms with van der Waals surface area (Å²) in [5.74, 6) is 0.303. The van der Waals surface area contributed by atoms with Crippen molar-refractivity contribution in [1.82, 2.24) is 0 Å². The highest BCUT2D eigenvalue weighted by atomic mass is 32.2. The molecule has 1 heterocycles. The minimum Gasteiger partial charge on any atom is -0.463 e. The molecule has 55 heavy (non-hydrogen) atoms. The van der Waals surface area contributed by atoms with Gasteiger partial charge in [0.15, 0.2) is 9.84 Å². The van der Waals surface area contributed by atoms with Gasteiger partial charge in [-0.1, -0.05) is 129 Å². The van der Waals surface area contributed by atoms with Crippen molar-refractivity contribution in [2.24, 2.45) is 5.92 Å². The summed E-state index contributed by atoms with van der Waals surface area (Å²) in [5.41, 5.74) is 4.62. The number of carbonyl (C=O) groups excluding carboxylic acids is 1. The summed E-state index contributed by atoms with van der Waals surface area (Å²) in [4.78, 5) is 13.1. The van der Waals surface area contributed by atoms with E-state index in [1.807, 2.05) is 129 Å². The first-order chi connectivity index (χ1) is 26.6. The Morgan fingerprint density at radius 1 is 0.618 bits per heavy atom. The van der Waals surface area contributed by atoms with E-state index in [2.05, 4.69) is 0 Å². The van der Waals surface area contributed by atoms with Gasteiger partial charge in [0, 0.05) is 12.7 Å². The highest BCUT2D eigenvalue weighted by molar-refractivity contribution is 7.90. The van der Waals surface area contributed by atoms with Crippen LogP contribution in [0.25, 0.3) is 11.1 Å². The molecule has 0 spiro atoms. The zero-order valence-electron chi connectivity index (χ0n) is 31.4. The van der Waals surface area contributed by atoms with Crippen LogP contribution in [0.3, 0.4) is 0 Å². The molecule has 9 nitrogen and oxygen atoms in total. The number of carbonyl (C=O) groups is 1. The van der Waals surface area contributed by atoms with Crippen LogP contribution in [-0.4, -0.2) is 58.0 Å². The van der Waals surface area contributed by atoms with E-state index < -0.39 is 40.5 Å². The lowest BCUT2D eigenvalue weighted by atomic mass is 9.97. The van der Waals surface area contributed by atoms with Gasteiger partial charge in [-0.2, -0.15) is 0 Å². The second-order valence-corrected chi connectivity index (χ2v) is 16.1. The standard InChI is InChI=1S/C45H48O9S/c1-32(2)27-41(46)49-31-40-42(50-28-33-13-7-4-8-14-33)43(51-29-34-15-9-5-10-16-34)44(52-30-35-17-11-6-12-18-35)45(54-40)53-38-23-19-36(20-24-38)37-21-25-39(26-22-37)55(3,47)48/h4-26,32,40,42-45H,27-31H2,1-3H3/t40-,42-,43+,44+,45+/m1/s1. The maximum absolute atomic E-state index is 12.9. The molecule has 0 aromatic heterocycles. The summed E-state index contributed by atoms with van der Waals surface area (Å²) < 4.78 is 63.2. The maximum atomic E-state index is 12.9. The van der Waals surface area contributed by atoms with E-state index in [1.165, 1.54) is 6.26 Å². The SMILES string of the molecule is CC(C)CC(=O)OC[C@H]1O[C@H](Oc2ccc(-c3ccc(S(C)(=O)=O)cc3)cc2)[C@@H](OCc2ccccc2)[C@@H](OCc2ccccc2)[C@@H]1OCc1ccccc1. The van der Waals surface area contributed by atoms with Gasteiger partial charge in [-0.05, 0) is 58.0 Å². The number of benzene rings is 5. The molecule has 5 aromatic carbocycles. The van der Waals surface area contributed by atoms with Gasteiger partial charge in [-0.15, -0.1) is 0 Å². The lowest BCUT2D eigenvalue weighted by Crippen LogP contribution is -2.62. The lowest BCUT2D eigenvalue weighted by molar-refractivity contribution is -0.308. The molecule has 1 saturated heterocycles. The second kappa shape index (κ2) is 19.2. The summed E-state index contributed by atoms with van der Waals surface area (Å²) in [5, 5.41) is 0. The summed E-state index contributed by atoms with van der Waals surface area (Å²) in [6.45, 7) is 4.63. The van der Waals surface area contributed by atoms with Crippen molar-refractivity contribution in [2.75, 3.05) is 12.9 Å². The molecule has 5 aromatic rings. The van der Waals surface area contributed by atoms with Crippen LogP contribution in [-0.2, 0) is 58.1 Å². The Kier molecular flexibility index (Phi) is 13.9. The van der Waals surface area contributed by atoms with Crippen LogP contribution < -0.4 is 4.74 Å². The molecule has 0 saturated carbocycles. The van der Waals surface area contributed by atoms with E-state index >= 15 is 0 Å². The topological polar surface area (TPSA) is 107 Å². The van der Waals surface area contributed by atoms with Crippen molar-refractivity contribution >= 4 is 15.8 Å². The van der Waals surface area contributed by atoms with Crippen molar-refractivity contribution in [3.63, 3.8) is 0 Å². The normalized spacial score (nSPS) is 19.9. The van der Waals surface area contributed by atoms with Gasteiger partial charge in [0.2, 0.25) is 6.29 Å². The third-order valence-corrected chi connectivity index (χ3v) is 10.3. The number of hydrogen-bond acceptors (Lipinski definition) is 9. The molecule has 1 aliphatic rings. The van der Waals surface area contributed by atoms with Gasteiger partial charge in [0.05, 0.1) is 24.7 Å². The number of ether oxygens (including phenoxy) is 6. The Balaban J connectivity index is 1.32. The van der Waals surface area contributed by atoms with Crippen LogP contribution in [0.1, 0.15) is 37.0 Å². The average molecular weight is 765 g/mol. The van der Waals surface area contributed by atoms with Crippen LogP contribution >= 0.6 is 0 Å². The summed E-state index contributed by atoms with van der Waals surface area (Å²) in [6, 6.07) is 43.7. The fraction of sp³-hybridized carbons (Fsp3) is 0.311. The first-order valence-corrected chi connectivity index (χ1v) is 20.4. The van der Waals surface area contributed by atoms with E-state index in [0.29, 0.717) is 5.75 Å². The van der Waals surface area contributed by atoms with Crippen molar-refractivity contribution in [1.29, 1.82) is 0 Å². The van der Waals surface area contributed by atoms with Gasteiger partial charge < -0.3 is 28.4 Å². The number of rotatable bonds is 17. The quantitative estimate of drug-likeness (QED) is 0.0867. The molecule has 0 radical (unpaired) electrons. The monoisotopic (exact) mass is 764 g/mol. The minimum absolute atomic E-state index is 0.0795. The first kappa shape index (κ1) is 39.8. The van der Waals surface area contributed by atoms with Crippen molar-refractivity contribution < 1.29 is 41.6 Å². The Bertz CT molecular complexity index is 2020. The van der Waals surface area contributed by atoms with Gasteiger partial charge in [-0.3, -0.25) is 4.79 Å². The van der Waals surface area contributed by atoms with E-state index in [9.17, 15) is 13.2 Å². The molecule has 5 atom stereocenters. The summed E-state index contributed by atoms with van der Waals surface area (Å²) in [6.07, 6.45) is -2.52. The van der Waals surface area contributed by atoms with Crippen molar-refractivity contribution in [2.45, 2.75) is 75.7 Å². The van der Waals surface area contributed by atoms with Gasteiger partial charge in [0.1, 0.15) is 36.8 Å². The van der Waals surface area contributed by atoms with Crippen LogP contribution in [0.15, 0.2) is 144 Å². The largest absolute Gasteiger partial charge is 0.463 e. The smallest absolute Gasteiger partial charge is 0.306 e. The Labute approximate surface area is 324 Å². The molecule has 10 heteroatoms. The third-order valence-electron chi connectivity index (χ3n) is 9.15. The molecular formula is C45H48O9S. The number of sulfone groups is 1. The fourth-order valence-electron chi connectivity index (χ4n) is 6.30. The van der Waals surface area contributed by atoms with Gasteiger partial charge >= 0.3 is 5.97 Å². The fourth-order valence-corrected chi connectivity index (χ4v) is 6.93. The third kappa shape index (κ3) is 11.6. The van der Waals surface area contributed by atoms with Crippen LogP contribution in [0.5, 0.6) is 5.75 Å². The van der Waals surface area contributed by atoms with E-state index in [1.54, 1.807) is 24.3 Å². The van der Waals surface area contributed by atoms with E-state index in [-0.39, 0.29) is 49.6 Å². The molecule has 0 amide bonds. The van der Waals surface area contributed by atoms with Crippen LogP contribution in [0, 0.1) is 5.92 Å². The molecule has 1 fully saturated rings. The highest BCUT2D eigenvalue weighted by Gasteiger charge is 2.50.